The molecule has 31 heavy (non-hydrogen) atoms. The number of nitrogens with zero attached hydrogens (tertiary/aromatic N) is 2. The van der Waals surface area contributed by atoms with Gasteiger partial charge in [0.2, 0.25) is 5.91 Å². The molecule has 0 saturated carbocycles. The zero-order chi connectivity index (χ0) is 20.3. The molecule has 0 bridgehead atoms. The molecule has 1 N–H and O–H groups in total. The summed E-state index contributed by atoms with van der Waals surface area (Å²) in [6, 6.07) is 22.4. The molecule has 0 aromatic heterocycles. The number of benzene rings is 3. The standard InChI is InChI=1S/C26H27N3O.ClH/c1-18-8-10-21(11-9-18)29-17-27-25(30)26(29)12-14-28(15-13-26)23-16-20-6-2-4-19-5-3-7-22(23)24(19)20;/h2-11,23H,12-17H2,1H3,(H,27,30);1H. The van der Waals surface area contributed by atoms with E-state index in [2.05, 4.69) is 82.7 Å². The molecule has 160 valence electrons. The van der Waals surface area contributed by atoms with Gasteiger partial charge in [0.1, 0.15) is 5.54 Å². The Morgan fingerprint density at radius 2 is 1.68 bits per heavy atom. The summed E-state index contributed by atoms with van der Waals surface area (Å²) >= 11 is 0. The number of rotatable bonds is 2. The van der Waals surface area contributed by atoms with Crippen LogP contribution in [0, 0.1) is 6.92 Å². The molecule has 4 nitrogen and oxygen atoms in total. The summed E-state index contributed by atoms with van der Waals surface area (Å²) in [7, 11) is 0. The van der Waals surface area contributed by atoms with Gasteiger partial charge in [-0.25, -0.2) is 0 Å². The van der Waals surface area contributed by atoms with E-state index in [1.807, 2.05) is 0 Å². The first-order chi connectivity index (χ1) is 14.7. The van der Waals surface area contributed by atoms with Crippen LogP contribution in [0.5, 0.6) is 0 Å². The van der Waals surface area contributed by atoms with Crippen LogP contribution in [-0.2, 0) is 11.2 Å². The Kier molecular flexibility index (Phi) is 4.95. The van der Waals surface area contributed by atoms with Crippen molar-refractivity contribution in [1.29, 1.82) is 0 Å². The molecule has 1 spiro atoms. The summed E-state index contributed by atoms with van der Waals surface area (Å²) in [6.45, 7) is 4.61. The first kappa shape index (κ1) is 20.3. The van der Waals surface area contributed by atoms with Gasteiger partial charge in [0, 0.05) is 24.8 Å². The van der Waals surface area contributed by atoms with Crippen LogP contribution in [0.2, 0.25) is 0 Å². The Hall–Kier alpha value is -2.56. The average molecular weight is 434 g/mol. The van der Waals surface area contributed by atoms with Crippen molar-refractivity contribution in [2.45, 2.75) is 37.8 Å². The number of anilines is 1. The van der Waals surface area contributed by atoms with E-state index in [1.165, 1.54) is 27.5 Å². The monoisotopic (exact) mass is 433 g/mol. The third kappa shape index (κ3) is 3.04. The molecule has 2 saturated heterocycles. The Morgan fingerprint density at radius 3 is 2.42 bits per heavy atom. The highest BCUT2D eigenvalue weighted by molar-refractivity contribution is 5.94. The molecule has 0 radical (unpaired) electrons. The highest BCUT2D eigenvalue weighted by atomic mass is 35.5. The van der Waals surface area contributed by atoms with E-state index < -0.39 is 5.54 Å². The van der Waals surface area contributed by atoms with E-state index in [0.29, 0.717) is 12.7 Å². The van der Waals surface area contributed by atoms with Gasteiger partial charge < -0.3 is 10.2 Å². The summed E-state index contributed by atoms with van der Waals surface area (Å²) < 4.78 is 0. The predicted octanol–water partition coefficient (Wildman–Crippen LogP) is 4.60. The maximum absolute atomic E-state index is 13.0. The number of halogens is 1. The number of nitrogens with one attached hydrogen (secondary N) is 1. The summed E-state index contributed by atoms with van der Waals surface area (Å²) in [5, 5.41) is 5.92. The van der Waals surface area contributed by atoms with Crippen LogP contribution in [0.1, 0.15) is 35.6 Å². The van der Waals surface area contributed by atoms with Gasteiger partial charge in [0.15, 0.2) is 0 Å². The molecule has 1 unspecified atom stereocenters. The molecule has 1 amide bonds. The highest BCUT2D eigenvalue weighted by Crippen LogP contribution is 2.43. The first-order valence-corrected chi connectivity index (χ1v) is 11.0. The van der Waals surface area contributed by atoms with Crippen LogP contribution < -0.4 is 10.2 Å². The first-order valence-electron chi connectivity index (χ1n) is 11.0. The van der Waals surface area contributed by atoms with Gasteiger partial charge in [0.25, 0.3) is 0 Å². The zero-order valence-corrected chi connectivity index (χ0v) is 18.6. The lowest BCUT2D eigenvalue weighted by molar-refractivity contribution is -0.125. The number of carbonyl (C=O) groups excluding carboxylic acids is 1. The normalized spacial score (nSPS) is 22.0. The zero-order valence-electron chi connectivity index (χ0n) is 17.8. The smallest absolute Gasteiger partial charge is 0.247 e. The second-order valence-electron chi connectivity index (χ2n) is 9.08. The molecule has 3 aliphatic rings. The van der Waals surface area contributed by atoms with E-state index in [0.717, 1.165) is 38.0 Å². The summed E-state index contributed by atoms with van der Waals surface area (Å²) in [4.78, 5) is 17.9. The van der Waals surface area contributed by atoms with Gasteiger partial charge in [-0.05, 0) is 60.2 Å². The van der Waals surface area contributed by atoms with Gasteiger partial charge in [-0.2, -0.15) is 0 Å². The average Bonchev–Trinajstić information content (AvgIpc) is 3.30. The fourth-order valence-electron chi connectivity index (χ4n) is 5.90. The molecule has 5 heteroatoms. The number of likely N-dealkylation sites (tertiary alicyclic amines) is 1. The van der Waals surface area contributed by atoms with Crippen molar-refractivity contribution in [3.8, 4) is 0 Å². The van der Waals surface area contributed by atoms with Crippen molar-refractivity contribution < 1.29 is 4.79 Å². The predicted molar refractivity (Wildman–Crippen MR) is 128 cm³/mol. The van der Waals surface area contributed by atoms with E-state index in [-0.39, 0.29) is 18.3 Å². The van der Waals surface area contributed by atoms with Gasteiger partial charge in [-0.1, -0.05) is 54.1 Å². The van der Waals surface area contributed by atoms with E-state index in [1.54, 1.807) is 0 Å². The Bertz CT molecular complexity index is 1130. The van der Waals surface area contributed by atoms with Gasteiger partial charge in [-0.3, -0.25) is 9.69 Å². The second-order valence-corrected chi connectivity index (χ2v) is 9.08. The molecular formula is C26H28ClN3O. The Morgan fingerprint density at radius 1 is 0.968 bits per heavy atom. The van der Waals surface area contributed by atoms with Crippen LogP contribution in [0.3, 0.4) is 0 Å². The van der Waals surface area contributed by atoms with Crippen LogP contribution >= 0.6 is 12.4 Å². The molecule has 2 heterocycles. The molecule has 6 rings (SSSR count). The number of hydrogen-bond donors (Lipinski definition) is 1. The quantitative estimate of drug-likeness (QED) is 0.641. The summed E-state index contributed by atoms with van der Waals surface area (Å²) in [5.74, 6) is 0.194. The van der Waals surface area contributed by atoms with E-state index >= 15 is 0 Å². The second kappa shape index (κ2) is 7.54. The van der Waals surface area contributed by atoms with Crippen LogP contribution in [0.4, 0.5) is 5.69 Å². The van der Waals surface area contributed by atoms with Crippen molar-refractivity contribution in [1.82, 2.24) is 10.2 Å². The van der Waals surface area contributed by atoms with Crippen molar-refractivity contribution in [3.63, 3.8) is 0 Å². The summed E-state index contributed by atoms with van der Waals surface area (Å²) in [6.07, 6.45) is 2.82. The molecule has 2 aliphatic heterocycles. The molecule has 2 fully saturated rings. The third-order valence-corrected chi connectivity index (χ3v) is 7.54. The van der Waals surface area contributed by atoms with Crippen molar-refractivity contribution in [3.05, 3.63) is 77.4 Å². The summed E-state index contributed by atoms with van der Waals surface area (Å²) in [5.41, 5.74) is 4.91. The van der Waals surface area contributed by atoms with Crippen LogP contribution in [0.15, 0.2) is 60.7 Å². The minimum Gasteiger partial charge on any atom is -0.339 e. The Balaban J connectivity index is 0.00000204. The van der Waals surface area contributed by atoms with Crippen molar-refractivity contribution >= 4 is 34.8 Å². The number of hydrogen-bond acceptors (Lipinski definition) is 3. The van der Waals surface area contributed by atoms with Crippen LogP contribution in [0.25, 0.3) is 10.8 Å². The van der Waals surface area contributed by atoms with Crippen molar-refractivity contribution in [2.24, 2.45) is 0 Å². The minimum atomic E-state index is -0.413. The molecule has 1 atom stereocenters. The minimum absolute atomic E-state index is 0. The molecular weight excluding hydrogens is 406 g/mol. The third-order valence-electron chi connectivity index (χ3n) is 7.54. The van der Waals surface area contributed by atoms with Gasteiger partial charge in [0.05, 0.1) is 6.67 Å². The highest BCUT2D eigenvalue weighted by Gasteiger charge is 2.51. The number of piperidine rings is 1. The largest absolute Gasteiger partial charge is 0.339 e. The molecule has 3 aromatic rings. The lowest BCUT2D eigenvalue weighted by atomic mass is 9.84. The molecule has 3 aromatic carbocycles. The Labute approximate surface area is 189 Å². The maximum Gasteiger partial charge on any atom is 0.247 e. The lowest BCUT2D eigenvalue weighted by Gasteiger charge is -2.45. The SMILES string of the molecule is Cc1ccc(N2CNC(=O)C23CCN(C2Cc4cccc5cccc2c45)CC3)cc1.Cl. The number of carbonyl (C=O) groups is 1. The maximum atomic E-state index is 13.0. The number of amides is 1. The van der Waals surface area contributed by atoms with Gasteiger partial charge >= 0.3 is 0 Å². The number of aryl methyl sites for hydroxylation is 1. The fourth-order valence-corrected chi connectivity index (χ4v) is 5.90. The van der Waals surface area contributed by atoms with Gasteiger partial charge in [-0.15, -0.1) is 12.4 Å². The molecule has 1 aliphatic carbocycles. The van der Waals surface area contributed by atoms with E-state index in [4.69, 9.17) is 0 Å². The van der Waals surface area contributed by atoms with E-state index in [9.17, 15) is 4.79 Å². The topological polar surface area (TPSA) is 35.6 Å². The lowest BCUT2D eigenvalue weighted by Crippen LogP contribution is -2.56. The van der Waals surface area contributed by atoms with Crippen LogP contribution in [-0.4, -0.2) is 36.1 Å². The fraction of sp³-hybridized carbons (Fsp3) is 0.346. The van der Waals surface area contributed by atoms with Crippen molar-refractivity contribution in [2.75, 3.05) is 24.7 Å².